The lowest BCUT2D eigenvalue weighted by Crippen LogP contribution is -2.42. The van der Waals surface area contributed by atoms with Crippen LogP contribution in [0.5, 0.6) is 0 Å². The standard InChI is InChI=1S/C15H16N2O3/c16-8-7-11-3-5-12(6-4-11)14(18)17-9-1-2-13(10-17)15(19)20/h3-6,13H,1-2,7,9-10H2,(H,19,20). The van der Waals surface area contributed by atoms with E-state index in [0.717, 1.165) is 12.0 Å². The Bertz CT molecular complexity index is 545. The molecule has 1 aromatic rings. The topological polar surface area (TPSA) is 81.4 Å². The van der Waals surface area contributed by atoms with Gasteiger partial charge >= 0.3 is 5.97 Å². The Hall–Kier alpha value is -2.35. The molecule has 1 fully saturated rings. The van der Waals surface area contributed by atoms with Gasteiger partial charge in [-0.2, -0.15) is 5.26 Å². The minimum Gasteiger partial charge on any atom is -0.481 e. The lowest BCUT2D eigenvalue weighted by molar-refractivity contribution is -0.143. The Labute approximate surface area is 117 Å². The monoisotopic (exact) mass is 272 g/mol. The molecule has 5 nitrogen and oxygen atoms in total. The van der Waals surface area contributed by atoms with Gasteiger partial charge in [0.15, 0.2) is 0 Å². The summed E-state index contributed by atoms with van der Waals surface area (Å²) in [5.41, 5.74) is 1.41. The van der Waals surface area contributed by atoms with Gasteiger partial charge in [0.25, 0.3) is 5.91 Å². The van der Waals surface area contributed by atoms with Gasteiger partial charge in [-0.05, 0) is 30.5 Å². The van der Waals surface area contributed by atoms with Crippen LogP contribution in [0.15, 0.2) is 24.3 Å². The van der Waals surface area contributed by atoms with E-state index >= 15 is 0 Å². The zero-order valence-corrected chi connectivity index (χ0v) is 11.1. The summed E-state index contributed by atoms with van der Waals surface area (Å²) < 4.78 is 0. The van der Waals surface area contributed by atoms with Crippen molar-refractivity contribution in [2.75, 3.05) is 13.1 Å². The summed E-state index contributed by atoms with van der Waals surface area (Å²) in [5.74, 6) is -1.45. The molecule has 1 saturated heterocycles. The first-order valence-electron chi connectivity index (χ1n) is 6.60. The van der Waals surface area contributed by atoms with E-state index in [0.29, 0.717) is 24.9 Å². The van der Waals surface area contributed by atoms with Gasteiger partial charge in [-0.25, -0.2) is 0 Å². The fraction of sp³-hybridized carbons (Fsp3) is 0.400. The lowest BCUT2D eigenvalue weighted by Gasteiger charge is -2.30. The molecule has 0 spiro atoms. The quantitative estimate of drug-likeness (QED) is 0.907. The number of likely N-dealkylation sites (tertiary alicyclic amines) is 1. The zero-order valence-electron chi connectivity index (χ0n) is 11.1. The maximum atomic E-state index is 12.3. The van der Waals surface area contributed by atoms with Crippen molar-refractivity contribution in [1.29, 1.82) is 5.26 Å². The van der Waals surface area contributed by atoms with Crippen molar-refractivity contribution in [1.82, 2.24) is 4.90 Å². The summed E-state index contributed by atoms with van der Waals surface area (Å²) in [6.07, 6.45) is 1.66. The van der Waals surface area contributed by atoms with Gasteiger partial charge in [-0.15, -0.1) is 0 Å². The van der Waals surface area contributed by atoms with Crippen LogP contribution in [0.3, 0.4) is 0 Å². The third kappa shape index (κ3) is 3.15. The Morgan fingerprint density at radius 3 is 2.65 bits per heavy atom. The van der Waals surface area contributed by atoms with E-state index in [1.54, 1.807) is 29.2 Å². The van der Waals surface area contributed by atoms with Crippen LogP contribution in [-0.4, -0.2) is 35.0 Å². The Morgan fingerprint density at radius 1 is 1.35 bits per heavy atom. The molecule has 1 heterocycles. The molecule has 0 aliphatic carbocycles. The third-order valence-corrected chi connectivity index (χ3v) is 3.54. The van der Waals surface area contributed by atoms with Crippen molar-refractivity contribution < 1.29 is 14.7 Å². The average molecular weight is 272 g/mol. The maximum Gasteiger partial charge on any atom is 0.308 e. The largest absolute Gasteiger partial charge is 0.481 e. The summed E-state index contributed by atoms with van der Waals surface area (Å²) in [6.45, 7) is 0.872. The number of amides is 1. The molecule has 1 unspecified atom stereocenters. The molecule has 0 saturated carbocycles. The average Bonchev–Trinajstić information content (AvgIpc) is 2.48. The minimum absolute atomic E-state index is 0.139. The number of piperidine rings is 1. The molecule has 20 heavy (non-hydrogen) atoms. The number of carboxylic acids is 1. The number of aliphatic carboxylic acids is 1. The molecule has 1 amide bonds. The van der Waals surface area contributed by atoms with Gasteiger partial charge < -0.3 is 10.0 Å². The van der Waals surface area contributed by atoms with Gasteiger partial charge in [0.1, 0.15) is 0 Å². The molecule has 5 heteroatoms. The summed E-state index contributed by atoms with van der Waals surface area (Å²) >= 11 is 0. The van der Waals surface area contributed by atoms with Gasteiger partial charge in [-0.1, -0.05) is 12.1 Å². The molecule has 0 radical (unpaired) electrons. The highest BCUT2D eigenvalue weighted by Crippen LogP contribution is 2.19. The summed E-state index contributed by atoms with van der Waals surface area (Å²) in [6, 6.07) is 8.96. The first kappa shape index (κ1) is 14.1. The number of carbonyl (C=O) groups is 2. The number of carbonyl (C=O) groups excluding carboxylic acids is 1. The van der Waals surface area contributed by atoms with Crippen molar-refractivity contribution in [3.63, 3.8) is 0 Å². The molecule has 104 valence electrons. The number of benzene rings is 1. The smallest absolute Gasteiger partial charge is 0.308 e. The number of nitrogens with zero attached hydrogens (tertiary/aromatic N) is 2. The molecular weight excluding hydrogens is 256 g/mol. The molecule has 0 bridgehead atoms. The second kappa shape index (κ2) is 6.20. The van der Waals surface area contributed by atoms with Gasteiger partial charge in [0, 0.05) is 18.7 Å². The maximum absolute atomic E-state index is 12.3. The van der Waals surface area contributed by atoms with Crippen LogP contribution in [-0.2, 0) is 11.2 Å². The molecule has 1 aromatic carbocycles. The number of nitriles is 1. The summed E-state index contributed by atoms with van der Waals surface area (Å²) in [4.78, 5) is 24.9. The fourth-order valence-electron chi connectivity index (χ4n) is 2.40. The molecule has 1 N–H and O–H groups in total. The second-order valence-corrected chi connectivity index (χ2v) is 4.96. The van der Waals surface area contributed by atoms with Crippen LogP contribution >= 0.6 is 0 Å². The molecule has 0 aromatic heterocycles. The number of rotatable bonds is 3. The number of carboxylic acid groups (broad SMARTS) is 1. The van der Waals surface area contributed by atoms with E-state index in [1.807, 2.05) is 0 Å². The predicted octanol–water partition coefficient (Wildman–Crippen LogP) is 1.69. The molecular formula is C15H16N2O3. The first-order chi connectivity index (χ1) is 9.61. The third-order valence-electron chi connectivity index (χ3n) is 3.54. The molecule has 1 aliphatic rings. The van der Waals surface area contributed by atoms with E-state index < -0.39 is 11.9 Å². The zero-order chi connectivity index (χ0) is 14.5. The van der Waals surface area contributed by atoms with Crippen molar-refractivity contribution >= 4 is 11.9 Å². The van der Waals surface area contributed by atoms with Crippen LogP contribution < -0.4 is 0 Å². The van der Waals surface area contributed by atoms with E-state index in [9.17, 15) is 9.59 Å². The van der Waals surface area contributed by atoms with Crippen LogP contribution in [0.4, 0.5) is 0 Å². The SMILES string of the molecule is N#CCc1ccc(C(=O)N2CCCC(C(=O)O)C2)cc1. The van der Waals surface area contributed by atoms with Crippen LogP contribution in [0.1, 0.15) is 28.8 Å². The van der Waals surface area contributed by atoms with Crippen LogP contribution in [0.2, 0.25) is 0 Å². The first-order valence-corrected chi connectivity index (χ1v) is 6.60. The number of hydrogen-bond acceptors (Lipinski definition) is 3. The van der Waals surface area contributed by atoms with Crippen molar-refractivity contribution in [3.8, 4) is 6.07 Å². The highest BCUT2D eigenvalue weighted by atomic mass is 16.4. The van der Waals surface area contributed by atoms with Crippen molar-refractivity contribution in [3.05, 3.63) is 35.4 Å². The van der Waals surface area contributed by atoms with E-state index in [1.165, 1.54) is 0 Å². The lowest BCUT2D eigenvalue weighted by atomic mass is 9.97. The second-order valence-electron chi connectivity index (χ2n) is 4.96. The van der Waals surface area contributed by atoms with Crippen molar-refractivity contribution in [2.45, 2.75) is 19.3 Å². The van der Waals surface area contributed by atoms with Crippen LogP contribution in [0, 0.1) is 17.2 Å². The molecule has 1 atom stereocenters. The fourth-order valence-corrected chi connectivity index (χ4v) is 2.40. The van der Waals surface area contributed by atoms with Crippen LogP contribution in [0.25, 0.3) is 0 Å². The molecule has 1 aliphatic heterocycles. The van der Waals surface area contributed by atoms with E-state index in [2.05, 4.69) is 6.07 Å². The van der Waals surface area contributed by atoms with E-state index in [-0.39, 0.29) is 12.5 Å². The van der Waals surface area contributed by atoms with Gasteiger partial charge in [0.2, 0.25) is 0 Å². The number of hydrogen-bond donors (Lipinski definition) is 1. The summed E-state index contributed by atoms with van der Waals surface area (Å²) in [5, 5.41) is 17.6. The minimum atomic E-state index is -0.841. The van der Waals surface area contributed by atoms with E-state index in [4.69, 9.17) is 10.4 Å². The summed E-state index contributed by atoms with van der Waals surface area (Å²) in [7, 11) is 0. The molecule has 2 rings (SSSR count). The normalized spacial score (nSPS) is 18.4. The van der Waals surface area contributed by atoms with Crippen molar-refractivity contribution in [2.24, 2.45) is 5.92 Å². The Morgan fingerprint density at radius 2 is 2.05 bits per heavy atom. The Kier molecular flexibility index (Phi) is 4.36. The highest BCUT2D eigenvalue weighted by molar-refractivity contribution is 5.94. The highest BCUT2D eigenvalue weighted by Gasteiger charge is 2.28. The van der Waals surface area contributed by atoms with Gasteiger partial charge in [-0.3, -0.25) is 9.59 Å². The predicted molar refractivity (Wildman–Crippen MR) is 72.0 cm³/mol. The Balaban J connectivity index is 2.07. The van der Waals surface area contributed by atoms with Gasteiger partial charge in [0.05, 0.1) is 18.4 Å².